The van der Waals surface area contributed by atoms with Crippen LogP contribution in [-0.4, -0.2) is 15.2 Å². The fraction of sp³-hybridized carbons (Fsp3) is 0.263. The fourth-order valence-electron chi connectivity index (χ4n) is 2.29. The van der Waals surface area contributed by atoms with Crippen molar-refractivity contribution in [3.63, 3.8) is 0 Å². The molecule has 0 fully saturated rings. The number of hydrogen-bond acceptors (Lipinski definition) is 4. The van der Waals surface area contributed by atoms with Gasteiger partial charge in [-0.1, -0.05) is 67.6 Å². The van der Waals surface area contributed by atoms with E-state index < -0.39 is 0 Å². The zero-order valence-electron chi connectivity index (χ0n) is 14.2. The maximum atomic E-state index is 4.47. The highest BCUT2D eigenvalue weighted by molar-refractivity contribution is 7.98. The number of anilines is 2. The number of hydrogen-bond donors (Lipinski definition) is 2. The van der Waals surface area contributed by atoms with E-state index in [-0.39, 0.29) is 0 Å². The molecule has 124 valence electrons. The van der Waals surface area contributed by atoms with Gasteiger partial charge in [0.2, 0.25) is 11.1 Å². The Labute approximate surface area is 147 Å². The number of aryl methyl sites for hydroxylation is 1. The summed E-state index contributed by atoms with van der Waals surface area (Å²) in [6.45, 7) is 6.49. The lowest BCUT2D eigenvalue weighted by molar-refractivity contribution is 0.866. The number of aromatic amines is 1. The number of thioether (sulfide) groups is 1. The highest BCUT2D eigenvalue weighted by Gasteiger charge is 2.05. The van der Waals surface area contributed by atoms with E-state index in [0.29, 0.717) is 11.9 Å². The molecule has 2 N–H and O–H groups in total. The molecule has 0 saturated heterocycles. The number of nitrogens with zero attached hydrogens (tertiary/aromatic N) is 2. The second-order valence-corrected chi connectivity index (χ2v) is 7.09. The second kappa shape index (κ2) is 7.53. The quantitative estimate of drug-likeness (QED) is 0.601. The summed E-state index contributed by atoms with van der Waals surface area (Å²) in [5.41, 5.74) is 4.88. The van der Waals surface area contributed by atoms with Gasteiger partial charge in [-0.3, -0.25) is 0 Å². The standard InChI is InChI=1S/C19H22N4S/c1-13(2)16-8-6-15(7-9-16)12-24-19-21-18(22-23-19)20-17-10-4-14(3)5-11-17/h4-11,13H,12H2,1-3H3,(H2,20,21,22,23). The lowest BCUT2D eigenvalue weighted by atomic mass is 10.0. The molecule has 0 radical (unpaired) electrons. The van der Waals surface area contributed by atoms with E-state index in [1.165, 1.54) is 16.7 Å². The summed E-state index contributed by atoms with van der Waals surface area (Å²) in [6, 6.07) is 16.9. The maximum Gasteiger partial charge on any atom is 0.223 e. The van der Waals surface area contributed by atoms with Crippen LogP contribution >= 0.6 is 11.8 Å². The van der Waals surface area contributed by atoms with Gasteiger partial charge in [0, 0.05) is 11.4 Å². The van der Waals surface area contributed by atoms with Crippen LogP contribution in [0, 0.1) is 6.92 Å². The highest BCUT2D eigenvalue weighted by Crippen LogP contribution is 2.23. The summed E-state index contributed by atoms with van der Waals surface area (Å²) in [4.78, 5) is 4.47. The molecule has 0 aliphatic heterocycles. The zero-order valence-corrected chi connectivity index (χ0v) is 15.0. The Bertz CT molecular complexity index is 776. The summed E-state index contributed by atoms with van der Waals surface area (Å²) in [5.74, 6) is 2.09. The maximum absolute atomic E-state index is 4.47. The molecule has 3 rings (SSSR count). The minimum atomic E-state index is 0.565. The van der Waals surface area contributed by atoms with E-state index in [1.54, 1.807) is 11.8 Å². The van der Waals surface area contributed by atoms with Crippen molar-refractivity contribution in [2.45, 2.75) is 37.6 Å². The molecule has 0 atom stereocenters. The van der Waals surface area contributed by atoms with E-state index in [1.807, 2.05) is 12.1 Å². The molecule has 0 saturated carbocycles. The van der Waals surface area contributed by atoms with Gasteiger partial charge in [-0.2, -0.15) is 4.98 Å². The minimum absolute atomic E-state index is 0.565. The van der Waals surface area contributed by atoms with Crippen LogP contribution in [0.1, 0.15) is 36.5 Å². The smallest absolute Gasteiger partial charge is 0.223 e. The van der Waals surface area contributed by atoms with Crippen LogP contribution < -0.4 is 5.32 Å². The molecular weight excluding hydrogens is 316 g/mol. The minimum Gasteiger partial charge on any atom is -0.325 e. The van der Waals surface area contributed by atoms with Gasteiger partial charge in [0.05, 0.1) is 0 Å². The average Bonchev–Trinajstić information content (AvgIpc) is 3.03. The first kappa shape index (κ1) is 16.6. The van der Waals surface area contributed by atoms with E-state index in [2.05, 4.69) is 77.7 Å². The fourth-order valence-corrected chi connectivity index (χ4v) is 3.04. The molecule has 0 unspecified atom stereocenters. The number of benzene rings is 2. The zero-order chi connectivity index (χ0) is 16.9. The molecule has 4 nitrogen and oxygen atoms in total. The Kier molecular flexibility index (Phi) is 5.20. The summed E-state index contributed by atoms with van der Waals surface area (Å²) < 4.78 is 0. The number of nitrogens with one attached hydrogen (secondary N) is 2. The lowest BCUT2D eigenvalue weighted by Crippen LogP contribution is -1.92. The van der Waals surface area contributed by atoms with E-state index in [4.69, 9.17) is 0 Å². The van der Waals surface area contributed by atoms with Crippen LogP contribution in [0.4, 0.5) is 11.6 Å². The van der Waals surface area contributed by atoms with Gasteiger partial charge >= 0.3 is 0 Å². The van der Waals surface area contributed by atoms with Gasteiger partial charge in [-0.05, 0) is 36.1 Å². The third-order valence-electron chi connectivity index (χ3n) is 3.79. The molecular formula is C19H22N4S. The molecule has 1 aromatic heterocycles. The van der Waals surface area contributed by atoms with Crippen molar-refractivity contribution < 1.29 is 0 Å². The number of rotatable bonds is 6. The molecule has 3 aromatic rings. The molecule has 5 heteroatoms. The van der Waals surface area contributed by atoms with Crippen LogP contribution in [-0.2, 0) is 5.75 Å². The number of aromatic nitrogens is 3. The van der Waals surface area contributed by atoms with Gasteiger partial charge in [0.15, 0.2) is 0 Å². The predicted octanol–water partition coefficient (Wildman–Crippen LogP) is 5.27. The van der Waals surface area contributed by atoms with Gasteiger partial charge in [-0.15, -0.1) is 5.10 Å². The van der Waals surface area contributed by atoms with Crippen LogP contribution in [0.15, 0.2) is 53.7 Å². The van der Waals surface area contributed by atoms with E-state index in [0.717, 1.165) is 16.6 Å². The van der Waals surface area contributed by atoms with Gasteiger partial charge in [0.25, 0.3) is 0 Å². The lowest BCUT2D eigenvalue weighted by Gasteiger charge is -2.06. The second-order valence-electron chi connectivity index (χ2n) is 6.14. The van der Waals surface area contributed by atoms with Gasteiger partial charge in [0.1, 0.15) is 0 Å². The SMILES string of the molecule is Cc1ccc(Nc2nc(SCc3ccc(C(C)C)cc3)n[nH]2)cc1. The van der Waals surface area contributed by atoms with Crippen molar-refractivity contribution in [1.82, 2.24) is 15.2 Å². The Morgan fingerprint density at radius 1 is 1.04 bits per heavy atom. The predicted molar refractivity (Wildman–Crippen MR) is 101 cm³/mol. The third-order valence-corrected chi connectivity index (χ3v) is 4.71. The monoisotopic (exact) mass is 338 g/mol. The molecule has 0 bridgehead atoms. The summed E-state index contributed by atoms with van der Waals surface area (Å²) in [6.07, 6.45) is 0. The molecule has 0 amide bonds. The van der Waals surface area contributed by atoms with Crippen LogP contribution in [0.2, 0.25) is 0 Å². The van der Waals surface area contributed by atoms with Crippen molar-refractivity contribution in [2.75, 3.05) is 5.32 Å². The average molecular weight is 338 g/mol. The van der Waals surface area contributed by atoms with E-state index >= 15 is 0 Å². The van der Waals surface area contributed by atoms with Crippen molar-refractivity contribution >= 4 is 23.4 Å². The molecule has 1 heterocycles. The van der Waals surface area contributed by atoms with Crippen molar-refractivity contribution in [3.8, 4) is 0 Å². The van der Waals surface area contributed by atoms with Crippen LogP contribution in [0.5, 0.6) is 0 Å². The Morgan fingerprint density at radius 3 is 2.42 bits per heavy atom. The number of H-pyrrole nitrogens is 1. The largest absolute Gasteiger partial charge is 0.325 e. The van der Waals surface area contributed by atoms with Gasteiger partial charge < -0.3 is 5.32 Å². The molecule has 0 aliphatic carbocycles. The molecule has 24 heavy (non-hydrogen) atoms. The first-order valence-electron chi connectivity index (χ1n) is 8.08. The Hall–Kier alpha value is -2.27. The first-order valence-corrected chi connectivity index (χ1v) is 9.06. The van der Waals surface area contributed by atoms with E-state index in [9.17, 15) is 0 Å². The highest BCUT2D eigenvalue weighted by atomic mass is 32.2. The summed E-state index contributed by atoms with van der Waals surface area (Å²) >= 11 is 1.63. The Balaban J connectivity index is 1.56. The molecule has 0 aliphatic rings. The first-order chi connectivity index (χ1) is 11.6. The van der Waals surface area contributed by atoms with Crippen molar-refractivity contribution in [1.29, 1.82) is 0 Å². The summed E-state index contributed by atoms with van der Waals surface area (Å²) in [5, 5.41) is 11.2. The summed E-state index contributed by atoms with van der Waals surface area (Å²) in [7, 11) is 0. The van der Waals surface area contributed by atoms with Crippen LogP contribution in [0.25, 0.3) is 0 Å². The van der Waals surface area contributed by atoms with Crippen molar-refractivity contribution in [3.05, 3.63) is 65.2 Å². The molecule has 0 spiro atoms. The normalized spacial score (nSPS) is 11.0. The Morgan fingerprint density at radius 2 is 1.75 bits per heavy atom. The van der Waals surface area contributed by atoms with Crippen molar-refractivity contribution in [2.24, 2.45) is 0 Å². The van der Waals surface area contributed by atoms with Gasteiger partial charge in [-0.25, -0.2) is 5.10 Å². The topological polar surface area (TPSA) is 53.6 Å². The molecule has 2 aromatic carbocycles. The van der Waals surface area contributed by atoms with Crippen LogP contribution in [0.3, 0.4) is 0 Å². The third kappa shape index (κ3) is 4.38.